The van der Waals surface area contributed by atoms with Gasteiger partial charge in [-0.25, -0.2) is 0 Å². The molecule has 0 bridgehead atoms. The number of fused-ring (bicyclic) bond motifs is 1. The Morgan fingerprint density at radius 2 is 0.712 bits per heavy atom. The Hall–Kier alpha value is -7.74. The average molecular weight is 756 g/mol. The molecule has 0 fully saturated rings. The molecule has 0 aliphatic heterocycles. The van der Waals surface area contributed by atoms with Crippen molar-refractivity contribution in [2.24, 2.45) is 0 Å². The molecule has 0 aliphatic carbocycles. The fourth-order valence-corrected chi connectivity index (χ4v) is 8.04. The predicted molar refractivity (Wildman–Crippen MR) is 251 cm³/mol. The van der Waals surface area contributed by atoms with E-state index in [-0.39, 0.29) is 35.4 Å². The van der Waals surface area contributed by atoms with E-state index in [1.807, 2.05) is 77.7 Å². The first-order valence-electron chi connectivity index (χ1n) is 21.9. The van der Waals surface area contributed by atoms with Crippen molar-refractivity contribution in [3.8, 4) is 66.8 Å². The lowest BCUT2D eigenvalue weighted by Gasteiger charge is -2.26. The molecule has 0 N–H and O–H groups in total. The lowest BCUT2D eigenvalue weighted by molar-refractivity contribution is 1.28. The van der Waals surface area contributed by atoms with Gasteiger partial charge in [-0.05, 0) is 120 Å². The molecule has 0 unspecified atom stereocenters. The van der Waals surface area contributed by atoms with Crippen molar-refractivity contribution in [3.63, 3.8) is 0 Å². The first-order valence-corrected chi connectivity index (χ1v) is 19.9. The van der Waals surface area contributed by atoms with E-state index in [4.69, 9.17) is 0 Å². The van der Waals surface area contributed by atoms with Crippen molar-refractivity contribution in [2.75, 3.05) is 4.90 Å². The molecular weight excluding hydrogens is 711 g/mol. The maximum atomic E-state index is 9.48. The summed E-state index contributed by atoms with van der Waals surface area (Å²) in [5, 5.41) is 2.29. The Labute approximate surface area is 352 Å². The minimum absolute atomic E-state index is 0.0920. The van der Waals surface area contributed by atoms with Crippen LogP contribution in [0.15, 0.2) is 249 Å². The Morgan fingerprint density at radius 1 is 0.271 bits per heavy atom. The SMILES string of the molecule is [2H]c1c([2H])c(N(c2ccc(-c3ccc(-c4ccccc4)c(-c4ccccc4)c3)cc2)c2ccc(-c3c(-c4ccccc4)ccc4ccccc34)cc2)c([2H])c([2H])c1-c1ccccc1. The fraction of sp³-hybridized carbons (Fsp3) is 0. The van der Waals surface area contributed by atoms with Crippen LogP contribution in [0, 0.1) is 0 Å². The lowest BCUT2D eigenvalue weighted by Crippen LogP contribution is -2.09. The molecule has 0 spiro atoms. The normalized spacial score (nSPS) is 12.0. The van der Waals surface area contributed by atoms with Gasteiger partial charge >= 0.3 is 0 Å². The molecule has 0 saturated heterocycles. The number of anilines is 3. The van der Waals surface area contributed by atoms with E-state index in [1.165, 1.54) is 0 Å². The summed E-state index contributed by atoms with van der Waals surface area (Å²) in [5.74, 6) is 0. The molecule has 278 valence electrons. The first kappa shape index (κ1) is 31.4. The maximum Gasteiger partial charge on any atom is 0.0645 e. The molecule has 10 rings (SSSR count). The third kappa shape index (κ3) is 7.23. The minimum Gasteiger partial charge on any atom is -0.311 e. The van der Waals surface area contributed by atoms with Crippen LogP contribution in [0.1, 0.15) is 5.48 Å². The van der Waals surface area contributed by atoms with Gasteiger partial charge in [-0.3, -0.25) is 0 Å². The molecule has 10 aromatic carbocycles. The van der Waals surface area contributed by atoms with Crippen molar-refractivity contribution in [3.05, 3.63) is 249 Å². The third-order valence-corrected chi connectivity index (χ3v) is 11.0. The Kier molecular flexibility index (Phi) is 8.51. The second-order valence-corrected chi connectivity index (χ2v) is 14.6. The van der Waals surface area contributed by atoms with Crippen LogP contribution in [0.3, 0.4) is 0 Å². The van der Waals surface area contributed by atoms with Gasteiger partial charge in [0.25, 0.3) is 0 Å². The molecule has 0 radical (unpaired) electrons. The van der Waals surface area contributed by atoms with Crippen LogP contribution in [-0.4, -0.2) is 0 Å². The molecule has 1 nitrogen and oxygen atoms in total. The molecule has 1 heteroatoms. The Bertz CT molecular complexity index is 3200. The van der Waals surface area contributed by atoms with Crippen LogP contribution >= 0.6 is 0 Å². The largest absolute Gasteiger partial charge is 0.311 e. The first-order chi connectivity index (χ1) is 30.9. The zero-order chi connectivity index (χ0) is 42.9. The molecule has 0 amide bonds. The Morgan fingerprint density at radius 3 is 1.31 bits per heavy atom. The van der Waals surface area contributed by atoms with E-state index >= 15 is 0 Å². The van der Waals surface area contributed by atoms with Gasteiger partial charge in [0.1, 0.15) is 0 Å². The highest BCUT2D eigenvalue weighted by Crippen LogP contribution is 2.42. The quantitative estimate of drug-likeness (QED) is 0.142. The monoisotopic (exact) mass is 755 g/mol. The minimum atomic E-state index is -0.118. The van der Waals surface area contributed by atoms with Crippen molar-refractivity contribution in [1.29, 1.82) is 0 Å². The summed E-state index contributed by atoms with van der Waals surface area (Å²) in [4.78, 5) is 1.86. The van der Waals surface area contributed by atoms with Crippen molar-refractivity contribution in [2.45, 2.75) is 0 Å². The van der Waals surface area contributed by atoms with Crippen LogP contribution in [-0.2, 0) is 0 Å². The molecule has 0 aromatic heterocycles. The summed E-state index contributed by atoms with van der Waals surface area (Å²) >= 11 is 0. The van der Waals surface area contributed by atoms with Crippen LogP contribution in [0.25, 0.3) is 77.5 Å². The molecule has 10 aromatic rings. The summed E-state index contributed by atoms with van der Waals surface area (Å²) in [7, 11) is 0. The van der Waals surface area contributed by atoms with E-state index in [9.17, 15) is 5.48 Å². The van der Waals surface area contributed by atoms with Gasteiger partial charge in [0, 0.05) is 17.1 Å². The summed E-state index contributed by atoms with van der Waals surface area (Å²) in [6.45, 7) is 0. The van der Waals surface area contributed by atoms with E-state index in [0.717, 1.165) is 66.4 Å². The highest BCUT2D eigenvalue weighted by atomic mass is 15.1. The van der Waals surface area contributed by atoms with Gasteiger partial charge < -0.3 is 4.90 Å². The van der Waals surface area contributed by atoms with E-state index in [2.05, 4.69) is 152 Å². The number of rotatable bonds is 9. The van der Waals surface area contributed by atoms with E-state index in [1.54, 1.807) is 0 Å². The highest BCUT2D eigenvalue weighted by Gasteiger charge is 2.17. The number of hydrogen-bond acceptors (Lipinski definition) is 1. The van der Waals surface area contributed by atoms with E-state index < -0.39 is 0 Å². The van der Waals surface area contributed by atoms with E-state index in [0.29, 0.717) is 16.9 Å². The second kappa shape index (κ2) is 16.0. The van der Waals surface area contributed by atoms with Crippen LogP contribution in [0.2, 0.25) is 0 Å². The molecule has 0 saturated carbocycles. The summed E-state index contributed by atoms with van der Waals surface area (Å²) in [6.07, 6.45) is 0. The predicted octanol–water partition coefficient (Wildman–Crippen LogP) is 16.3. The molecule has 0 heterocycles. The highest BCUT2D eigenvalue weighted by molar-refractivity contribution is 6.04. The average Bonchev–Trinajstić information content (AvgIpc) is 3.35. The molecule has 0 atom stereocenters. The molecule has 0 aliphatic rings. The van der Waals surface area contributed by atoms with Crippen molar-refractivity contribution in [1.82, 2.24) is 0 Å². The lowest BCUT2D eigenvalue weighted by atomic mass is 9.89. The van der Waals surface area contributed by atoms with Gasteiger partial charge in [-0.1, -0.05) is 206 Å². The Balaban J connectivity index is 1.11. The summed E-state index contributed by atoms with van der Waals surface area (Å²) < 4.78 is 37.5. The topological polar surface area (TPSA) is 3.24 Å². The van der Waals surface area contributed by atoms with Crippen LogP contribution in [0.5, 0.6) is 0 Å². The number of hydrogen-bond donors (Lipinski definition) is 0. The van der Waals surface area contributed by atoms with Crippen molar-refractivity contribution >= 4 is 27.8 Å². The fourth-order valence-electron chi connectivity index (χ4n) is 8.04. The van der Waals surface area contributed by atoms with Gasteiger partial charge in [0.2, 0.25) is 0 Å². The zero-order valence-corrected chi connectivity index (χ0v) is 32.3. The zero-order valence-electron chi connectivity index (χ0n) is 36.3. The van der Waals surface area contributed by atoms with Gasteiger partial charge in [-0.15, -0.1) is 0 Å². The third-order valence-electron chi connectivity index (χ3n) is 11.0. The van der Waals surface area contributed by atoms with Gasteiger partial charge in [0.05, 0.1) is 5.48 Å². The maximum absolute atomic E-state index is 9.48. The number of benzene rings is 10. The standard InChI is InChI=1S/C58H41N/c1-5-15-42(16-6-1)43-25-33-51(34-26-43)59(53-37-29-49(30-38-53)58-55-24-14-13-23-48(55)31-40-56(58)46-19-9-3-10-20-46)52-35-27-44(28-36-52)50-32-39-54(45-17-7-2-8-18-45)57(41-50)47-21-11-4-12-22-47/h1-41H/i25D,26D,33D,34D. The summed E-state index contributed by atoms with van der Waals surface area (Å²) in [5.41, 5.74) is 13.5. The van der Waals surface area contributed by atoms with Crippen molar-refractivity contribution < 1.29 is 5.48 Å². The second-order valence-electron chi connectivity index (χ2n) is 14.6. The van der Waals surface area contributed by atoms with Gasteiger partial charge in [-0.2, -0.15) is 0 Å². The smallest absolute Gasteiger partial charge is 0.0645 e. The summed E-state index contributed by atoms with van der Waals surface area (Å²) in [6, 6.07) is 75.9. The number of nitrogens with zero attached hydrogens (tertiary/aromatic N) is 1. The molecule has 59 heavy (non-hydrogen) atoms. The molecular formula is C58H41N. The van der Waals surface area contributed by atoms with Crippen LogP contribution in [0.4, 0.5) is 17.1 Å². The van der Waals surface area contributed by atoms with Crippen LogP contribution < -0.4 is 4.90 Å². The van der Waals surface area contributed by atoms with Gasteiger partial charge in [0.15, 0.2) is 0 Å².